The second kappa shape index (κ2) is 11.5. The summed E-state index contributed by atoms with van der Waals surface area (Å²) in [6.07, 6.45) is 7.23. The lowest BCUT2D eigenvalue weighted by molar-refractivity contribution is -0.136. The zero-order valence-corrected chi connectivity index (χ0v) is 21.3. The number of rotatable bonds is 9. The van der Waals surface area contributed by atoms with Crippen LogP contribution in [0.1, 0.15) is 60.6 Å². The van der Waals surface area contributed by atoms with Gasteiger partial charge in [-0.1, -0.05) is 67.8 Å². The molecule has 1 N–H and O–H groups in total. The zero-order valence-electron chi connectivity index (χ0n) is 21.3. The highest BCUT2D eigenvalue weighted by molar-refractivity contribution is 5.77. The molecule has 3 aromatic carbocycles. The van der Waals surface area contributed by atoms with Gasteiger partial charge in [-0.25, -0.2) is 4.98 Å². The average Bonchev–Trinajstić information content (AvgIpc) is 3.30. The number of carbonyl (C=O) groups is 1. The molecule has 1 aliphatic rings. The Morgan fingerprint density at radius 1 is 0.973 bits per heavy atom. The third-order valence-electron chi connectivity index (χ3n) is 7.24. The van der Waals surface area contributed by atoms with E-state index in [2.05, 4.69) is 24.3 Å². The molecule has 0 unspecified atom stereocenters. The Kier molecular flexibility index (Phi) is 7.69. The highest BCUT2D eigenvalue weighted by Crippen LogP contribution is 2.34. The quantitative estimate of drug-likeness (QED) is 0.259. The van der Waals surface area contributed by atoms with Crippen molar-refractivity contribution in [3.63, 3.8) is 0 Å². The van der Waals surface area contributed by atoms with Gasteiger partial charge < -0.3 is 14.3 Å². The first-order chi connectivity index (χ1) is 18.1. The van der Waals surface area contributed by atoms with Gasteiger partial charge in [0.05, 0.1) is 18.7 Å². The molecule has 0 saturated heterocycles. The summed E-state index contributed by atoms with van der Waals surface area (Å²) in [5, 5.41) is 9.24. The Balaban J connectivity index is 1.22. The molecule has 0 atom stereocenters. The number of oxazole rings is 1. The maximum atomic E-state index is 11.3. The molecular formula is C32H33NO4. The fourth-order valence-corrected chi connectivity index (χ4v) is 5.26. The smallest absolute Gasteiger partial charge is 0.307 e. The van der Waals surface area contributed by atoms with Crippen LogP contribution in [0.4, 0.5) is 0 Å². The third kappa shape index (κ3) is 6.11. The minimum atomic E-state index is -0.845. The molecule has 1 aromatic heterocycles. The van der Waals surface area contributed by atoms with Gasteiger partial charge in [-0.05, 0) is 72.2 Å². The molecule has 1 heterocycles. The SMILES string of the molecule is Cc1oc(-c2ccc(C3CCCCC3)cc2)nc1CCOc1cccc(-c2ccccc2CC(=O)O)c1. The molecule has 1 saturated carbocycles. The van der Waals surface area contributed by atoms with E-state index in [1.165, 1.54) is 37.7 Å². The molecule has 5 rings (SSSR count). The molecule has 37 heavy (non-hydrogen) atoms. The van der Waals surface area contributed by atoms with Crippen molar-refractivity contribution < 1.29 is 19.1 Å². The fraction of sp³-hybridized carbons (Fsp3) is 0.312. The third-order valence-corrected chi connectivity index (χ3v) is 7.24. The number of aryl methyl sites for hydroxylation is 1. The molecule has 5 nitrogen and oxygen atoms in total. The first-order valence-corrected chi connectivity index (χ1v) is 13.2. The molecule has 0 radical (unpaired) electrons. The van der Waals surface area contributed by atoms with Crippen molar-refractivity contribution in [2.45, 2.75) is 57.8 Å². The van der Waals surface area contributed by atoms with Gasteiger partial charge in [-0.3, -0.25) is 4.79 Å². The summed E-state index contributed by atoms with van der Waals surface area (Å²) < 4.78 is 12.0. The first-order valence-electron chi connectivity index (χ1n) is 13.2. The van der Waals surface area contributed by atoms with Crippen LogP contribution in [-0.2, 0) is 17.6 Å². The molecular weight excluding hydrogens is 462 g/mol. The van der Waals surface area contributed by atoms with Gasteiger partial charge in [0.15, 0.2) is 0 Å². The fourth-order valence-electron chi connectivity index (χ4n) is 5.26. The minimum Gasteiger partial charge on any atom is -0.493 e. The van der Waals surface area contributed by atoms with E-state index in [0.29, 0.717) is 24.8 Å². The second-order valence-electron chi connectivity index (χ2n) is 9.83. The van der Waals surface area contributed by atoms with Crippen LogP contribution in [0.2, 0.25) is 0 Å². The minimum absolute atomic E-state index is 0.0155. The normalized spacial score (nSPS) is 14.0. The molecule has 5 heteroatoms. The lowest BCUT2D eigenvalue weighted by Crippen LogP contribution is -2.04. The molecule has 0 bridgehead atoms. The maximum Gasteiger partial charge on any atom is 0.307 e. The van der Waals surface area contributed by atoms with Crippen LogP contribution in [0.15, 0.2) is 77.2 Å². The van der Waals surface area contributed by atoms with E-state index in [9.17, 15) is 9.90 Å². The standard InChI is InChI=1S/C32H33NO4/c1-22-30(33-32(37-22)25-16-14-24(15-17-25)23-8-3-2-4-9-23)18-19-36-28-12-7-11-26(20-28)29-13-6-5-10-27(29)21-31(34)35/h5-7,10-17,20,23H,2-4,8-9,18-19,21H2,1H3,(H,34,35). The van der Waals surface area contributed by atoms with Crippen LogP contribution in [-0.4, -0.2) is 22.7 Å². The zero-order chi connectivity index (χ0) is 25.6. The highest BCUT2D eigenvalue weighted by Gasteiger charge is 2.17. The number of carboxylic acids is 1. The van der Waals surface area contributed by atoms with E-state index in [1.54, 1.807) is 0 Å². The molecule has 0 spiro atoms. The number of benzene rings is 3. The van der Waals surface area contributed by atoms with Gasteiger partial charge in [0.2, 0.25) is 5.89 Å². The van der Waals surface area contributed by atoms with Crippen molar-refractivity contribution in [1.82, 2.24) is 4.98 Å². The largest absolute Gasteiger partial charge is 0.493 e. The molecule has 0 amide bonds. The van der Waals surface area contributed by atoms with Crippen LogP contribution in [0.5, 0.6) is 5.75 Å². The molecule has 4 aromatic rings. The number of carboxylic acid groups (broad SMARTS) is 1. The predicted molar refractivity (Wildman–Crippen MR) is 145 cm³/mol. The van der Waals surface area contributed by atoms with Crippen molar-refractivity contribution in [2.24, 2.45) is 0 Å². The number of aromatic nitrogens is 1. The van der Waals surface area contributed by atoms with E-state index < -0.39 is 5.97 Å². The number of aliphatic carboxylic acids is 1. The van der Waals surface area contributed by atoms with Crippen molar-refractivity contribution in [3.8, 4) is 28.3 Å². The Morgan fingerprint density at radius 3 is 2.54 bits per heavy atom. The van der Waals surface area contributed by atoms with Crippen molar-refractivity contribution >= 4 is 5.97 Å². The second-order valence-corrected chi connectivity index (χ2v) is 9.83. The van der Waals surface area contributed by atoms with E-state index in [-0.39, 0.29) is 6.42 Å². The summed E-state index contributed by atoms with van der Waals surface area (Å²) in [6.45, 7) is 2.41. The topological polar surface area (TPSA) is 72.6 Å². The Labute approximate surface area is 218 Å². The summed E-state index contributed by atoms with van der Waals surface area (Å²) in [6, 6.07) is 24.1. The van der Waals surface area contributed by atoms with E-state index in [1.807, 2.05) is 55.5 Å². The Hall–Kier alpha value is -3.86. The highest BCUT2D eigenvalue weighted by atomic mass is 16.5. The van der Waals surface area contributed by atoms with Gasteiger partial charge in [0, 0.05) is 12.0 Å². The maximum absolute atomic E-state index is 11.3. The van der Waals surface area contributed by atoms with Crippen LogP contribution in [0.25, 0.3) is 22.6 Å². The van der Waals surface area contributed by atoms with Crippen LogP contribution >= 0.6 is 0 Å². The van der Waals surface area contributed by atoms with E-state index >= 15 is 0 Å². The first kappa shape index (κ1) is 24.8. The average molecular weight is 496 g/mol. The number of nitrogens with zero attached hydrogens (tertiary/aromatic N) is 1. The monoisotopic (exact) mass is 495 g/mol. The Morgan fingerprint density at radius 2 is 1.76 bits per heavy atom. The van der Waals surface area contributed by atoms with Gasteiger partial charge in [0.25, 0.3) is 0 Å². The van der Waals surface area contributed by atoms with Crippen molar-refractivity contribution in [2.75, 3.05) is 6.61 Å². The number of ether oxygens (including phenoxy) is 1. The summed E-state index contributed by atoms with van der Waals surface area (Å²) in [5.74, 6) is 2.04. The predicted octanol–water partition coefficient (Wildman–Crippen LogP) is 7.61. The van der Waals surface area contributed by atoms with E-state index in [0.717, 1.165) is 39.5 Å². The van der Waals surface area contributed by atoms with Crippen LogP contribution in [0.3, 0.4) is 0 Å². The summed E-state index contributed by atoms with van der Waals surface area (Å²) in [4.78, 5) is 16.0. The lowest BCUT2D eigenvalue weighted by atomic mass is 9.84. The van der Waals surface area contributed by atoms with Gasteiger partial charge in [0.1, 0.15) is 11.5 Å². The van der Waals surface area contributed by atoms with E-state index in [4.69, 9.17) is 14.1 Å². The summed E-state index contributed by atoms with van der Waals surface area (Å²) >= 11 is 0. The lowest BCUT2D eigenvalue weighted by Gasteiger charge is -2.21. The van der Waals surface area contributed by atoms with Gasteiger partial charge >= 0.3 is 5.97 Å². The van der Waals surface area contributed by atoms with Crippen molar-refractivity contribution in [3.05, 3.63) is 95.4 Å². The molecule has 0 aliphatic heterocycles. The molecule has 1 aliphatic carbocycles. The van der Waals surface area contributed by atoms with Gasteiger partial charge in [-0.2, -0.15) is 0 Å². The van der Waals surface area contributed by atoms with Crippen LogP contribution < -0.4 is 4.74 Å². The number of hydrogen-bond acceptors (Lipinski definition) is 4. The number of hydrogen-bond donors (Lipinski definition) is 1. The van der Waals surface area contributed by atoms with Gasteiger partial charge in [-0.15, -0.1) is 0 Å². The summed E-state index contributed by atoms with van der Waals surface area (Å²) in [7, 11) is 0. The summed E-state index contributed by atoms with van der Waals surface area (Å²) in [5.41, 5.74) is 5.95. The Bertz CT molecular complexity index is 1350. The molecule has 190 valence electrons. The van der Waals surface area contributed by atoms with Crippen molar-refractivity contribution in [1.29, 1.82) is 0 Å². The molecule has 1 fully saturated rings. The van der Waals surface area contributed by atoms with Crippen LogP contribution in [0, 0.1) is 6.92 Å².